The minimum atomic E-state index is 0.166. The lowest BCUT2D eigenvalue weighted by atomic mass is 9.82. The number of carbonyl (C=O) groups is 1. The largest absolute Gasteiger partial charge is 0.338 e. The molecule has 1 aliphatic heterocycles. The van der Waals surface area contributed by atoms with Crippen LogP contribution in [0.2, 0.25) is 0 Å². The van der Waals surface area contributed by atoms with Crippen LogP contribution in [0.4, 0.5) is 0 Å². The van der Waals surface area contributed by atoms with Crippen molar-refractivity contribution < 1.29 is 4.79 Å². The molecule has 1 aromatic rings. The van der Waals surface area contributed by atoms with Gasteiger partial charge in [0.15, 0.2) is 0 Å². The molecule has 1 aliphatic rings. The maximum Gasteiger partial charge on any atom is 0.255 e. The Morgan fingerprint density at radius 2 is 2.05 bits per heavy atom. The molecule has 0 aliphatic carbocycles. The van der Waals surface area contributed by atoms with E-state index in [1.807, 2.05) is 30.0 Å². The Hall–Kier alpha value is -0.830. The number of rotatable bonds is 3. The van der Waals surface area contributed by atoms with Crippen LogP contribution in [0.1, 0.15) is 49.0 Å². The second kappa shape index (κ2) is 5.66. The van der Waals surface area contributed by atoms with Crippen molar-refractivity contribution in [2.75, 3.05) is 13.1 Å². The molecule has 1 saturated heterocycles. The van der Waals surface area contributed by atoms with Gasteiger partial charge in [0.05, 0.1) is 5.56 Å². The van der Waals surface area contributed by atoms with Crippen molar-refractivity contribution in [3.8, 4) is 0 Å². The Labute approximate surface area is 124 Å². The fourth-order valence-corrected chi connectivity index (χ4v) is 3.33. The molecule has 0 bridgehead atoms. The van der Waals surface area contributed by atoms with Crippen LogP contribution in [0.3, 0.4) is 0 Å². The van der Waals surface area contributed by atoms with Crippen LogP contribution >= 0.6 is 15.9 Å². The fourth-order valence-electron chi connectivity index (χ4n) is 2.91. The van der Waals surface area contributed by atoms with E-state index in [0.29, 0.717) is 5.41 Å². The molecule has 1 amide bonds. The highest BCUT2D eigenvalue weighted by atomic mass is 79.9. The van der Waals surface area contributed by atoms with Gasteiger partial charge in [0.2, 0.25) is 0 Å². The lowest BCUT2D eigenvalue weighted by molar-refractivity contribution is 0.0769. The summed E-state index contributed by atoms with van der Waals surface area (Å²) in [6.07, 6.45) is 3.44. The highest BCUT2D eigenvalue weighted by molar-refractivity contribution is 9.10. The van der Waals surface area contributed by atoms with Crippen LogP contribution in [0.25, 0.3) is 0 Å². The van der Waals surface area contributed by atoms with Crippen LogP contribution in [0.15, 0.2) is 22.7 Å². The summed E-state index contributed by atoms with van der Waals surface area (Å²) >= 11 is 3.49. The molecule has 2 rings (SSSR count). The first-order chi connectivity index (χ1) is 9.01. The number of likely N-dealkylation sites (tertiary alicyclic amines) is 1. The predicted octanol–water partition coefficient (Wildman–Crippen LogP) is 4.41. The Bertz CT molecular complexity index is 480. The molecule has 0 radical (unpaired) electrons. The molecule has 3 heteroatoms. The lowest BCUT2D eigenvalue weighted by Crippen LogP contribution is -2.32. The smallest absolute Gasteiger partial charge is 0.255 e. The van der Waals surface area contributed by atoms with Gasteiger partial charge in [-0.15, -0.1) is 0 Å². The van der Waals surface area contributed by atoms with Crippen molar-refractivity contribution >= 4 is 21.8 Å². The third-order valence-corrected chi connectivity index (χ3v) is 5.27. The average Bonchev–Trinajstić information content (AvgIpc) is 2.86. The fraction of sp³-hybridized carbons (Fsp3) is 0.562. The van der Waals surface area contributed by atoms with Gasteiger partial charge in [-0.1, -0.05) is 25.5 Å². The van der Waals surface area contributed by atoms with Crippen molar-refractivity contribution in [3.05, 3.63) is 33.8 Å². The Balaban J connectivity index is 2.20. The summed E-state index contributed by atoms with van der Waals surface area (Å²) < 4.78 is 0.897. The highest BCUT2D eigenvalue weighted by Gasteiger charge is 2.37. The first-order valence-electron chi connectivity index (χ1n) is 7.07. The van der Waals surface area contributed by atoms with Gasteiger partial charge in [-0.3, -0.25) is 4.79 Å². The standard InChI is InChI=1S/C16H22BrNO/c1-4-16(5-2)8-9-18(11-16)15(19)13-10-12(3)6-7-14(13)17/h6-7,10H,4-5,8-9,11H2,1-3H3. The number of amides is 1. The molecule has 104 valence electrons. The van der Waals surface area contributed by atoms with Gasteiger partial charge in [-0.25, -0.2) is 0 Å². The SMILES string of the molecule is CCC1(CC)CCN(C(=O)c2cc(C)ccc2Br)C1. The quantitative estimate of drug-likeness (QED) is 0.806. The summed E-state index contributed by atoms with van der Waals surface area (Å²) in [5, 5.41) is 0. The summed E-state index contributed by atoms with van der Waals surface area (Å²) in [6.45, 7) is 8.29. The molecule has 2 nitrogen and oxygen atoms in total. The minimum Gasteiger partial charge on any atom is -0.338 e. The summed E-state index contributed by atoms with van der Waals surface area (Å²) in [6, 6.07) is 5.96. The number of nitrogens with zero attached hydrogens (tertiary/aromatic N) is 1. The molecule has 1 heterocycles. The van der Waals surface area contributed by atoms with E-state index >= 15 is 0 Å². The van der Waals surface area contributed by atoms with Gasteiger partial charge >= 0.3 is 0 Å². The lowest BCUT2D eigenvalue weighted by Gasteiger charge is -2.26. The molecule has 0 N–H and O–H groups in total. The summed E-state index contributed by atoms with van der Waals surface area (Å²) in [7, 11) is 0. The van der Waals surface area contributed by atoms with E-state index in [1.54, 1.807) is 0 Å². The second-order valence-electron chi connectivity index (χ2n) is 5.67. The molecule has 1 aromatic carbocycles. The minimum absolute atomic E-state index is 0.166. The van der Waals surface area contributed by atoms with Crippen molar-refractivity contribution in [3.63, 3.8) is 0 Å². The van der Waals surface area contributed by atoms with Crippen molar-refractivity contribution in [1.29, 1.82) is 0 Å². The average molecular weight is 324 g/mol. The number of halogens is 1. The first-order valence-corrected chi connectivity index (χ1v) is 7.86. The van der Waals surface area contributed by atoms with Crippen LogP contribution in [0, 0.1) is 12.3 Å². The van der Waals surface area contributed by atoms with E-state index in [2.05, 4.69) is 29.8 Å². The van der Waals surface area contributed by atoms with E-state index in [-0.39, 0.29) is 5.91 Å². The Kier molecular flexibility index (Phi) is 4.34. The van der Waals surface area contributed by atoms with Gasteiger partial charge in [0, 0.05) is 17.6 Å². The number of carbonyl (C=O) groups excluding carboxylic acids is 1. The molecule has 19 heavy (non-hydrogen) atoms. The predicted molar refractivity (Wildman–Crippen MR) is 82.4 cm³/mol. The Morgan fingerprint density at radius 3 is 2.63 bits per heavy atom. The van der Waals surface area contributed by atoms with Gasteiger partial charge in [0.1, 0.15) is 0 Å². The van der Waals surface area contributed by atoms with Crippen LogP contribution in [0.5, 0.6) is 0 Å². The van der Waals surface area contributed by atoms with Crippen molar-refractivity contribution in [1.82, 2.24) is 4.90 Å². The third kappa shape index (κ3) is 2.86. The highest BCUT2D eigenvalue weighted by Crippen LogP contribution is 2.37. The maximum absolute atomic E-state index is 12.6. The zero-order valence-electron chi connectivity index (χ0n) is 12.0. The van der Waals surface area contributed by atoms with E-state index in [4.69, 9.17) is 0 Å². The van der Waals surface area contributed by atoms with Crippen molar-refractivity contribution in [2.45, 2.75) is 40.0 Å². The summed E-state index contributed by atoms with van der Waals surface area (Å²) in [5.41, 5.74) is 2.26. The topological polar surface area (TPSA) is 20.3 Å². The number of hydrogen-bond donors (Lipinski definition) is 0. The van der Waals surface area contributed by atoms with Gasteiger partial charge in [0.25, 0.3) is 5.91 Å². The summed E-state index contributed by atoms with van der Waals surface area (Å²) in [5.74, 6) is 0.166. The normalized spacial score (nSPS) is 17.8. The molecule has 1 fully saturated rings. The molecular formula is C16H22BrNO. The number of aryl methyl sites for hydroxylation is 1. The molecule has 0 unspecified atom stereocenters. The molecule has 0 atom stereocenters. The van der Waals surface area contributed by atoms with Gasteiger partial charge in [-0.2, -0.15) is 0 Å². The van der Waals surface area contributed by atoms with E-state index in [0.717, 1.165) is 48.0 Å². The summed E-state index contributed by atoms with van der Waals surface area (Å²) in [4.78, 5) is 14.7. The maximum atomic E-state index is 12.6. The Morgan fingerprint density at radius 1 is 1.37 bits per heavy atom. The third-order valence-electron chi connectivity index (χ3n) is 4.58. The zero-order chi connectivity index (χ0) is 14.0. The molecule has 0 spiro atoms. The first kappa shape index (κ1) is 14.6. The van der Waals surface area contributed by atoms with E-state index in [9.17, 15) is 4.79 Å². The monoisotopic (exact) mass is 323 g/mol. The zero-order valence-corrected chi connectivity index (χ0v) is 13.6. The molecule has 0 aromatic heterocycles. The van der Waals surface area contributed by atoms with Crippen molar-refractivity contribution in [2.24, 2.45) is 5.41 Å². The number of benzene rings is 1. The van der Waals surface area contributed by atoms with E-state index < -0.39 is 0 Å². The van der Waals surface area contributed by atoms with Crippen LogP contribution in [-0.2, 0) is 0 Å². The molecule has 0 saturated carbocycles. The van der Waals surface area contributed by atoms with Crippen LogP contribution in [-0.4, -0.2) is 23.9 Å². The van der Waals surface area contributed by atoms with E-state index in [1.165, 1.54) is 0 Å². The number of hydrogen-bond acceptors (Lipinski definition) is 1. The second-order valence-corrected chi connectivity index (χ2v) is 6.52. The van der Waals surface area contributed by atoms with Gasteiger partial charge < -0.3 is 4.90 Å². The van der Waals surface area contributed by atoms with Gasteiger partial charge in [-0.05, 0) is 59.7 Å². The van der Waals surface area contributed by atoms with Crippen LogP contribution < -0.4 is 0 Å². The molecular weight excluding hydrogens is 302 g/mol.